The summed E-state index contributed by atoms with van der Waals surface area (Å²) in [4.78, 5) is 2.19. The highest BCUT2D eigenvalue weighted by atomic mass is 16.5. The van der Waals surface area contributed by atoms with E-state index in [4.69, 9.17) is 4.74 Å². The van der Waals surface area contributed by atoms with Crippen molar-refractivity contribution in [1.82, 2.24) is 0 Å². The monoisotopic (exact) mass is 148 g/mol. The highest BCUT2D eigenvalue weighted by Crippen LogP contribution is 2.14. The average molecular weight is 148 g/mol. The van der Waals surface area contributed by atoms with Crippen LogP contribution in [-0.2, 0) is 4.74 Å². The van der Waals surface area contributed by atoms with Crippen LogP contribution in [-0.4, -0.2) is 19.9 Å². The van der Waals surface area contributed by atoms with Gasteiger partial charge >= 0.3 is 0 Å². The van der Waals surface area contributed by atoms with Crippen LogP contribution in [0.25, 0.3) is 0 Å². The lowest BCUT2D eigenvalue weighted by atomic mass is 10.3. The van der Waals surface area contributed by atoms with Crippen molar-refractivity contribution in [1.29, 1.82) is 0 Å². The predicted molar refractivity (Wildman–Crippen MR) is 43.4 cm³/mol. The number of ether oxygens (including phenoxy) is 1. The molecule has 2 nitrogen and oxygen atoms in total. The minimum atomic E-state index is 0.720. The Bertz CT molecular complexity index is 216. The number of anilines is 1. The second-order valence-electron chi connectivity index (χ2n) is 2.56. The van der Waals surface area contributed by atoms with Crippen molar-refractivity contribution in [2.45, 2.75) is 0 Å². The standard InChI is InChI=1S/C9H10NO/c1-2-4-9(5-3-1)10-6-7-11-8-10/h1-2,4-5H,6-8H2. The molecular formula is C9H10NO. The van der Waals surface area contributed by atoms with Crippen LogP contribution in [0.15, 0.2) is 24.3 Å². The fourth-order valence-corrected chi connectivity index (χ4v) is 1.20. The van der Waals surface area contributed by atoms with Crippen LogP contribution in [0.2, 0.25) is 0 Å². The molecule has 0 atom stereocenters. The largest absolute Gasteiger partial charge is 0.359 e. The topological polar surface area (TPSA) is 12.5 Å². The van der Waals surface area contributed by atoms with Gasteiger partial charge in [-0.05, 0) is 18.2 Å². The number of hydrogen-bond acceptors (Lipinski definition) is 2. The molecule has 0 bridgehead atoms. The van der Waals surface area contributed by atoms with Crippen LogP contribution in [0.5, 0.6) is 0 Å². The SMILES string of the molecule is [c]1cccc(N2CCOC2)c1. The zero-order valence-electron chi connectivity index (χ0n) is 6.29. The Labute approximate surface area is 66.4 Å². The molecule has 1 aromatic carbocycles. The molecule has 1 aliphatic heterocycles. The van der Waals surface area contributed by atoms with Gasteiger partial charge in [0.25, 0.3) is 0 Å². The van der Waals surface area contributed by atoms with Crippen molar-refractivity contribution in [3.8, 4) is 0 Å². The molecule has 1 aliphatic rings. The molecule has 11 heavy (non-hydrogen) atoms. The van der Waals surface area contributed by atoms with Crippen molar-refractivity contribution in [3.63, 3.8) is 0 Å². The predicted octanol–water partition coefficient (Wildman–Crippen LogP) is 1.28. The van der Waals surface area contributed by atoms with Crippen molar-refractivity contribution in [2.75, 3.05) is 24.8 Å². The van der Waals surface area contributed by atoms with Gasteiger partial charge in [0, 0.05) is 12.2 Å². The highest BCUT2D eigenvalue weighted by molar-refractivity contribution is 5.45. The highest BCUT2D eigenvalue weighted by Gasteiger charge is 2.10. The quantitative estimate of drug-likeness (QED) is 0.595. The van der Waals surface area contributed by atoms with E-state index in [1.165, 1.54) is 5.69 Å². The molecule has 0 aromatic heterocycles. The van der Waals surface area contributed by atoms with Gasteiger partial charge in [0.1, 0.15) is 6.73 Å². The van der Waals surface area contributed by atoms with Crippen LogP contribution < -0.4 is 4.90 Å². The van der Waals surface area contributed by atoms with Gasteiger partial charge in [-0.15, -0.1) is 0 Å². The molecule has 0 N–H and O–H groups in total. The van der Waals surface area contributed by atoms with Crippen LogP contribution in [0.4, 0.5) is 5.69 Å². The molecular weight excluding hydrogens is 138 g/mol. The lowest BCUT2D eigenvalue weighted by molar-refractivity contribution is 0.201. The maximum absolute atomic E-state index is 5.22. The molecule has 0 saturated carbocycles. The molecule has 2 heteroatoms. The first-order valence-corrected chi connectivity index (χ1v) is 3.75. The first-order chi connectivity index (χ1) is 5.47. The third kappa shape index (κ3) is 1.35. The normalized spacial score (nSPS) is 17.3. The molecule has 0 spiro atoms. The van der Waals surface area contributed by atoms with Crippen molar-refractivity contribution in [2.24, 2.45) is 0 Å². The Kier molecular flexibility index (Phi) is 1.78. The van der Waals surface area contributed by atoms with E-state index in [1.54, 1.807) is 0 Å². The van der Waals surface area contributed by atoms with Crippen molar-refractivity contribution >= 4 is 5.69 Å². The maximum atomic E-state index is 5.22. The van der Waals surface area contributed by atoms with Gasteiger partial charge in [-0.2, -0.15) is 0 Å². The van der Waals surface area contributed by atoms with E-state index in [1.807, 2.05) is 18.2 Å². The number of hydrogen-bond donors (Lipinski definition) is 0. The molecule has 0 aliphatic carbocycles. The molecule has 0 amide bonds. The summed E-state index contributed by atoms with van der Waals surface area (Å²) >= 11 is 0. The van der Waals surface area contributed by atoms with Gasteiger partial charge in [0.2, 0.25) is 0 Å². The summed E-state index contributed by atoms with van der Waals surface area (Å²) in [6.45, 7) is 2.56. The van der Waals surface area contributed by atoms with E-state index in [2.05, 4.69) is 17.0 Å². The Morgan fingerprint density at radius 3 is 3.18 bits per heavy atom. The lowest BCUT2D eigenvalue weighted by Gasteiger charge is -2.14. The minimum Gasteiger partial charge on any atom is -0.359 e. The summed E-state index contributed by atoms with van der Waals surface area (Å²) in [5.41, 5.74) is 1.20. The van der Waals surface area contributed by atoms with Crippen molar-refractivity contribution < 1.29 is 4.74 Å². The summed E-state index contributed by atoms with van der Waals surface area (Å²) < 4.78 is 5.22. The molecule has 1 fully saturated rings. The van der Waals surface area contributed by atoms with Crippen LogP contribution in [0.3, 0.4) is 0 Å². The third-order valence-electron chi connectivity index (χ3n) is 1.81. The summed E-state index contributed by atoms with van der Waals surface area (Å²) in [6.07, 6.45) is 0. The van der Waals surface area contributed by atoms with Crippen LogP contribution in [0.1, 0.15) is 0 Å². The second-order valence-corrected chi connectivity index (χ2v) is 2.56. The fourth-order valence-electron chi connectivity index (χ4n) is 1.20. The molecule has 0 unspecified atom stereocenters. The Morgan fingerprint density at radius 1 is 1.55 bits per heavy atom. The van der Waals surface area contributed by atoms with Gasteiger partial charge in [0.15, 0.2) is 0 Å². The first kappa shape index (κ1) is 6.68. The van der Waals surface area contributed by atoms with Crippen molar-refractivity contribution in [3.05, 3.63) is 30.3 Å². The summed E-state index contributed by atoms with van der Waals surface area (Å²) in [6, 6.07) is 11.0. The van der Waals surface area contributed by atoms with Gasteiger partial charge < -0.3 is 9.64 Å². The smallest absolute Gasteiger partial charge is 0.119 e. The maximum Gasteiger partial charge on any atom is 0.119 e. The molecule has 57 valence electrons. The van der Waals surface area contributed by atoms with Gasteiger partial charge in [-0.1, -0.05) is 12.1 Å². The van der Waals surface area contributed by atoms with Crippen LogP contribution in [0, 0.1) is 6.07 Å². The molecule has 2 rings (SSSR count). The summed E-state index contributed by atoms with van der Waals surface area (Å²) in [5, 5.41) is 0. The second kappa shape index (κ2) is 2.93. The number of benzene rings is 1. The molecule has 1 radical (unpaired) electrons. The molecule has 1 heterocycles. The third-order valence-corrected chi connectivity index (χ3v) is 1.81. The average Bonchev–Trinajstić information content (AvgIpc) is 2.58. The fraction of sp³-hybridized carbons (Fsp3) is 0.333. The minimum absolute atomic E-state index is 0.720. The van der Waals surface area contributed by atoms with E-state index < -0.39 is 0 Å². The van der Waals surface area contributed by atoms with E-state index in [9.17, 15) is 0 Å². The summed E-state index contributed by atoms with van der Waals surface area (Å²) in [7, 11) is 0. The first-order valence-electron chi connectivity index (χ1n) is 3.75. The number of nitrogens with zero attached hydrogens (tertiary/aromatic N) is 1. The molecule has 1 aromatic rings. The van der Waals surface area contributed by atoms with Gasteiger partial charge in [-0.3, -0.25) is 0 Å². The zero-order valence-corrected chi connectivity index (χ0v) is 6.29. The Hall–Kier alpha value is -1.02. The van der Waals surface area contributed by atoms with E-state index in [-0.39, 0.29) is 0 Å². The Morgan fingerprint density at radius 2 is 2.55 bits per heavy atom. The van der Waals surface area contributed by atoms with Gasteiger partial charge in [0.05, 0.1) is 6.61 Å². The zero-order chi connectivity index (χ0) is 7.52. The Balaban J connectivity index is 2.16. The molecule has 1 saturated heterocycles. The lowest BCUT2D eigenvalue weighted by Crippen LogP contribution is -2.17. The van der Waals surface area contributed by atoms with Crippen LogP contribution >= 0.6 is 0 Å². The van der Waals surface area contributed by atoms with E-state index >= 15 is 0 Å². The summed E-state index contributed by atoms with van der Waals surface area (Å²) in [5.74, 6) is 0. The van der Waals surface area contributed by atoms with E-state index in [0.717, 1.165) is 19.9 Å². The van der Waals surface area contributed by atoms with E-state index in [0.29, 0.717) is 0 Å². The number of rotatable bonds is 1. The van der Waals surface area contributed by atoms with Gasteiger partial charge in [-0.25, -0.2) is 0 Å².